The highest BCUT2D eigenvalue weighted by atomic mass is 16.1. The average Bonchev–Trinajstić information content (AvgIpc) is 2.82. The Morgan fingerprint density at radius 2 is 1.67 bits per heavy atom. The number of carbonyl (C=O) groups excluding carboxylic acids is 2. The van der Waals surface area contributed by atoms with Gasteiger partial charge in [-0.3, -0.25) is 9.59 Å². The number of ketones is 2. The van der Waals surface area contributed by atoms with Crippen molar-refractivity contribution in [3.63, 3.8) is 0 Å². The molecule has 0 radical (unpaired) electrons. The maximum Gasteiger partial charge on any atom is 0.141 e. The summed E-state index contributed by atoms with van der Waals surface area (Å²) in [6, 6.07) is 0. The fourth-order valence-corrected chi connectivity index (χ4v) is 4.29. The van der Waals surface area contributed by atoms with Gasteiger partial charge in [-0.05, 0) is 31.6 Å². The molecule has 15 heavy (non-hydrogen) atoms. The number of allylic oxidation sites excluding steroid dienone is 2. The van der Waals surface area contributed by atoms with E-state index in [9.17, 15) is 9.59 Å². The van der Waals surface area contributed by atoms with Gasteiger partial charge in [0.25, 0.3) is 0 Å². The van der Waals surface area contributed by atoms with Crippen molar-refractivity contribution >= 4 is 11.6 Å². The van der Waals surface area contributed by atoms with E-state index in [0.29, 0.717) is 23.4 Å². The van der Waals surface area contributed by atoms with E-state index in [1.807, 2.05) is 0 Å². The number of hydrogen-bond acceptors (Lipinski definition) is 2. The molecule has 0 aromatic carbocycles. The van der Waals surface area contributed by atoms with Gasteiger partial charge in [0.1, 0.15) is 11.6 Å². The topological polar surface area (TPSA) is 34.1 Å². The zero-order chi connectivity index (χ0) is 10.3. The van der Waals surface area contributed by atoms with Gasteiger partial charge in [-0.25, -0.2) is 0 Å². The van der Waals surface area contributed by atoms with Crippen LogP contribution in [0.25, 0.3) is 0 Å². The van der Waals surface area contributed by atoms with Gasteiger partial charge in [-0.15, -0.1) is 0 Å². The van der Waals surface area contributed by atoms with E-state index in [1.54, 1.807) is 0 Å². The van der Waals surface area contributed by atoms with Crippen LogP contribution in [0.3, 0.4) is 0 Å². The van der Waals surface area contributed by atoms with Crippen molar-refractivity contribution in [1.82, 2.24) is 0 Å². The number of carbonyl (C=O) groups is 2. The molecule has 4 aliphatic rings. The second-order valence-corrected chi connectivity index (χ2v) is 5.72. The van der Waals surface area contributed by atoms with Crippen LogP contribution in [0.4, 0.5) is 0 Å². The zero-order valence-electron chi connectivity index (χ0n) is 8.77. The van der Waals surface area contributed by atoms with Gasteiger partial charge < -0.3 is 0 Å². The summed E-state index contributed by atoms with van der Waals surface area (Å²) >= 11 is 0. The molecule has 4 unspecified atom stereocenters. The second kappa shape index (κ2) is 2.26. The van der Waals surface area contributed by atoms with E-state index in [4.69, 9.17) is 0 Å². The van der Waals surface area contributed by atoms with Crippen LogP contribution in [0.15, 0.2) is 11.6 Å². The molecule has 0 heterocycles. The first-order valence-electron chi connectivity index (χ1n) is 5.94. The Morgan fingerprint density at radius 3 is 2.40 bits per heavy atom. The van der Waals surface area contributed by atoms with E-state index in [2.05, 4.69) is 13.0 Å². The summed E-state index contributed by atoms with van der Waals surface area (Å²) in [7, 11) is 0. The highest BCUT2D eigenvalue weighted by Gasteiger charge is 2.65. The molecule has 78 valence electrons. The highest BCUT2D eigenvalue weighted by molar-refractivity contribution is 6.04. The molecule has 0 saturated heterocycles. The molecule has 2 nitrogen and oxygen atoms in total. The molecule has 3 saturated carbocycles. The van der Waals surface area contributed by atoms with Crippen LogP contribution in [-0.2, 0) is 9.59 Å². The van der Waals surface area contributed by atoms with Crippen LogP contribution >= 0.6 is 0 Å². The molecule has 0 N–H and O–H groups in total. The first-order chi connectivity index (χ1) is 7.18. The molecule has 0 amide bonds. The Kier molecular flexibility index (Phi) is 1.24. The van der Waals surface area contributed by atoms with E-state index in [0.717, 1.165) is 12.8 Å². The molecular formula is C13H14O2. The Morgan fingerprint density at radius 1 is 1.00 bits per heavy atom. The number of rotatable bonds is 0. The van der Waals surface area contributed by atoms with Crippen molar-refractivity contribution in [3.8, 4) is 0 Å². The lowest BCUT2D eigenvalue weighted by molar-refractivity contribution is -0.139. The maximum absolute atomic E-state index is 12.1. The van der Waals surface area contributed by atoms with Crippen LogP contribution in [0, 0.1) is 35.5 Å². The number of hydrogen-bond donors (Lipinski definition) is 0. The zero-order valence-corrected chi connectivity index (χ0v) is 8.77. The maximum atomic E-state index is 12.1. The molecule has 0 spiro atoms. The third-order valence-corrected chi connectivity index (χ3v) is 5.05. The molecule has 6 atom stereocenters. The van der Waals surface area contributed by atoms with E-state index in [1.165, 1.54) is 5.57 Å². The third kappa shape index (κ3) is 0.790. The van der Waals surface area contributed by atoms with E-state index in [-0.39, 0.29) is 23.7 Å². The van der Waals surface area contributed by atoms with Crippen LogP contribution in [-0.4, -0.2) is 11.6 Å². The smallest absolute Gasteiger partial charge is 0.141 e. The Bertz CT molecular complexity index is 420. The van der Waals surface area contributed by atoms with Crippen molar-refractivity contribution < 1.29 is 9.59 Å². The van der Waals surface area contributed by atoms with Gasteiger partial charge in [0, 0.05) is 23.7 Å². The summed E-state index contributed by atoms with van der Waals surface area (Å²) in [6.45, 7) is 2.12. The third-order valence-electron chi connectivity index (χ3n) is 5.05. The van der Waals surface area contributed by atoms with Gasteiger partial charge >= 0.3 is 0 Å². The minimum atomic E-state index is 0.0787. The first kappa shape index (κ1) is 8.26. The summed E-state index contributed by atoms with van der Waals surface area (Å²) in [4.78, 5) is 24.3. The van der Waals surface area contributed by atoms with Crippen molar-refractivity contribution in [2.75, 3.05) is 0 Å². The van der Waals surface area contributed by atoms with Crippen molar-refractivity contribution in [2.24, 2.45) is 35.5 Å². The van der Waals surface area contributed by atoms with E-state index >= 15 is 0 Å². The van der Waals surface area contributed by atoms with E-state index < -0.39 is 0 Å². The minimum absolute atomic E-state index is 0.0787. The quantitative estimate of drug-likeness (QED) is 0.559. The Labute approximate surface area is 88.7 Å². The summed E-state index contributed by atoms with van der Waals surface area (Å²) in [5.74, 6) is 2.07. The minimum Gasteiger partial charge on any atom is -0.299 e. The van der Waals surface area contributed by atoms with Gasteiger partial charge in [-0.1, -0.05) is 11.6 Å². The lowest BCUT2D eigenvalue weighted by Gasteiger charge is -2.31. The van der Waals surface area contributed by atoms with Crippen LogP contribution in [0.2, 0.25) is 0 Å². The molecule has 0 aromatic rings. The van der Waals surface area contributed by atoms with Crippen LogP contribution < -0.4 is 0 Å². The molecule has 4 aliphatic carbocycles. The normalized spacial score (nSPS) is 55.1. The SMILES string of the molecule is CC1=CC2CC1[C@H]1C(=O)C3CC3C(=O)[C@@H]21. The summed E-state index contributed by atoms with van der Waals surface area (Å²) < 4.78 is 0. The predicted octanol–water partition coefficient (Wildman–Crippen LogP) is 1.60. The highest BCUT2D eigenvalue weighted by Crippen LogP contribution is 2.61. The summed E-state index contributed by atoms with van der Waals surface area (Å²) in [5.41, 5.74) is 1.36. The lowest BCUT2D eigenvalue weighted by Crippen LogP contribution is -2.40. The fourth-order valence-electron chi connectivity index (χ4n) is 4.29. The average molecular weight is 202 g/mol. The largest absolute Gasteiger partial charge is 0.299 e. The summed E-state index contributed by atoms with van der Waals surface area (Å²) in [6.07, 6.45) is 4.18. The first-order valence-corrected chi connectivity index (χ1v) is 5.94. The lowest BCUT2D eigenvalue weighted by atomic mass is 9.70. The van der Waals surface area contributed by atoms with Crippen LogP contribution in [0.1, 0.15) is 19.8 Å². The van der Waals surface area contributed by atoms with Crippen molar-refractivity contribution in [3.05, 3.63) is 11.6 Å². The number of Topliss-reactive ketones (excluding diaryl/α,β-unsaturated/α-hetero) is 2. The molecular weight excluding hydrogens is 188 g/mol. The monoisotopic (exact) mass is 202 g/mol. The molecule has 3 fully saturated rings. The molecule has 2 bridgehead atoms. The molecule has 0 aliphatic heterocycles. The van der Waals surface area contributed by atoms with Crippen LogP contribution in [0.5, 0.6) is 0 Å². The fraction of sp³-hybridized carbons (Fsp3) is 0.692. The van der Waals surface area contributed by atoms with Crippen molar-refractivity contribution in [2.45, 2.75) is 19.8 Å². The standard InChI is InChI=1S/C13H14O2/c1-5-2-6-3-7(5)11-10(6)12(14)8-4-9(8)13(11)15/h2,6-11H,3-4H2,1H3/t6?,7?,8?,9?,10-,11+/m0/s1. The molecule has 0 aromatic heterocycles. The number of fused-ring (bicyclic) bond motifs is 6. The van der Waals surface area contributed by atoms with Crippen molar-refractivity contribution in [1.29, 1.82) is 0 Å². The van der Waals surface area contributed by atoms with Gasteiger partial charge in [-0.2, -0.15) is 0 Å². The molecule has 4 rings (SSSR count). The summed E-state index contributed by atoms with van der Waals surface area (Å²) in [5, 5.41) is 0. The van der Waals surface area contributed by atoms with Gasteiger partial charge in [0.2, 0.25) is 0 Å². The molecule has 2 heteroatoms. The van der Waals surface area contributed by atoms with Gasteiger partial charge in [0.15, 0.2) is 0 Å². The second-order valence-electron chi connectivity index (χ2n) is 5.72. The van der Waals surface area contributed by atoms with Gasteiger partial charge in [0.05, 0.1) is 0 Å². The predicted molar refractivity (Wildman–Crippen MR) is 53.9 cm³/mol. The Balaban J connectivity index is 1.83. The Hall–Kier alpha value is -0.920.